The number of rotatable bonds is 13. The number of carboxylic acid groups (broad SMARTS) is 1. The van der Waals surface area contributed by atoms with Crippen LogP contribution in [0.3, 0.4) is 0 Å². The molecule has 0 spiro atoms. The van der Waals surface area contributed by atoms with Crippen LogP contribution in [0.1, 0.15) is 40.2 Å². The number of benzene rings is 1. The van der Waals surface area contributed by atoms with Gasteiger partial charge in [0.05, 0.1) is 32.3 Å². The fraction of sp³-hybridized carbons (Fsp3) is 0.667. The lowest BCUT2D eigenvalue weighted by Crippen LogP contribution is -2.47. The first-order valence-corrected chi connectivity index (χ1v) is 12.5. The third-order valence-electron chi connectivity index (χ3n) is 5.57. The Morgan fingerprint density at radius 3 is 2.07 bits per heavy atom. The Morgan fingerprint density at radius 1 is 1.07 bits per heavy atom. The topological polar surface area (TPSA) is 65.0 Å². The quantitative estimate of drug-likeness (QED) is 0.477. The van der Waals surface area contributed by atoms with E-state index in [-0.39, 0.29) is 12.0 Å². The first-order chi connectivity index (χ1) is 12.8. The van der Waals surface area contributed by atoms with Crippen LogP contribution in [0.2, 0.25) is 18.1 Å². The maximum absolute atomic E-state index is 11.6. The molecular weight excluding hydrogens is 360 g/mol. The van der Waals surface area contributed by atoms with E-state index in [2.05, 4.69) is 20.8 Å². The van der Waals surface area contributed by atoms with Crippen LogP contribution in [0.25, 0.3) is 0 Å². The van der Waals surface area contributed by atoms with Gasteiger partial charge in [0.2, 0.25) is 0 Å². The predicted octanol–water partition coefficient (Wildman–Crippen LogP) is 4.96. The molecule has 1 aromatic rings. The molecule has 3 unspecified atom stereocenters. The summed E-state index contributed by atoms with van der Waals surface area (Å²) in [4.78, 5) is 11.6. The molecule has 0 bridgehead atoms. The van der Waals surface area contributed by atoms with Gasteiger partial charge >= 0.3 is 5.97 Å². The van der Waals surface area contributed by atoms with Gasteiger partial charge < -0.3 is 19.0 Å². The van der Waals surface area contributed by atoms with E-state index in [1.807, 2.05) is 31.2 Å². The summed E-state index contributed by atoms with van der Waals surface area (Å²) >= 11 is 0. The molecule has 0 aliphatic rings. The largest absolute Gasteiger partial charge is 0.497 e. The normalized spacial score (nSPS) is 15.2. The molecule has 27 heavy (non-hydrogen) atoms. The van der Waals surface area contributed by atoms with Gasteiger partial charge in [-0.2, -0.15) is 0 Å². The van der Waals surface area contributed by atoms with Gasteiger partial charge in [-0.25, -0.2) is 0 Å². The van der Waals surface area contributed by atoms with Crippen LogP contribution in [0.15, 0.2) is 24.3 Å². The molecule has 0 aliphatic heterocycles. The van der Waals surface area contributed by atoms with E-state index in [0.29, 0.717) is 13.2 Å². The zero-order valence-corrected chi connectivity index (χ0v) is 18.7. The van der Waals surface area contributed by atoms with Gasteiger partial charge in [-0.3, -0.25) is 4.79 Å². The lowest BCUT2D eigenvalue weighted by molar-refractivity contribution is -0.146. The van der Waals surface area contributed by atoms with Crippen molar-refractivity contribution >= 4 is 14.3 Å². The highest BCUT2D eigenvalue weighted by atomic mass is 28.4. The van der Waals surface area contributed by atoms with Crippen molar-refractivity contribution in [2.45, 2.75) is 65.5 Å². The molecule has 0 heterocycles. The number of aliphatic carboxylic acids is 1. The lowest BCUT2D eigenvalue weighted by Gasteiger charge is -2.37. The van der Waals surface area contributed by atoms with Crippen molar-refractivity contribution in [3.05, 3.63) is 29.8 Å². The average molecular weight is 397 g/mol. The summed E-state index contributed by atoms with van der Waals surface area (Å²) < 4.78 is 17.6. The first-order valence-electron chi connectivity index (χ1n) is 9.93. The van der Waals surface area contributed by atoms with Gasteiger partial charge in [0.15, 0.2) is 8.32 Å². The van der Waals surface area contributed by atoms with Crippen molar-refractivity contribution in [1.82, 2.24) is 0 Å². The van der Waals surface area contributed by atoms with Gasteiger partial charge in [-0.05, 0) is 42.8 Å². The van der Waals surface area contributed by atoms with E-state index in [1.54, 1.807) is 14.0 Å². The third kappa shape index (κ3) is 6.94. The highest BCUT2D eigenvalue weighted by Gasteiger charge is 2.38. The Labute approximate surface area is 165 Å². The van der Waals surface area contributed by atoms with Crippen molar-refractivity contribution in [2.75, 3.05) is 13.7 Å². The summed E-state index contributed by atoms with van der Waals surface area (Å²) in [6.45, 7) is 11.2. The van der Waals surface area contributed by atoms with E-state index in [0.717, 1.165) is 29.4 Å². The van der Waals surface area contributed by atoms with Gasteiger partial charge in [-0.15, -0.1) is 0 Å². The summed E-state index contributed by atoms with van der Waals surface area (Å²) in [6, 6.07) is 10.8. The predicted molar refractivity (Wildman–Crippen MR) is 111 cm³/mol. The van der Waals surface area contributed by atoms with Crippen molar-refractivity contribution in [3.8, 4) is 5.75 Å². The molecule has 5 nitrogen and oxygen atoms in total. The van der Waals surface area contributed by atoms with Gasteiger partial charge in [0.25, 0.3) is 0 Å². The molecule has 0 aromatic heterocycles. The molecule has 0 amide bonds. The van der Waals surface area contributed by atoms with Crippen LogP contribution in [0.4, 0.5) is 0 Å². The second-order valence-electron chi connectivity index (χ2n) is 7.29. The zero-order chi connectivity index (χ0) is 20.4. The Balaban J connectivity index is 2.74. The maximum Gasteiger partial charge on any atom is 0.308 e. The smallest absolute Gasteiger partial charge is 0.308 e. The lowest BCUT2D eigenvalue weighted by atomic mass is 9.94. The molecule has 1 N–H and O–H groups in total. The van der Waals surface area contributed by atoms with Gasteiger partial charge in [0, 0.05) is 5.92 Å². The Hall–Kier alpha value is -1.37. The summed E-state index contributed by atoms with van der Waals surface area (Å²) in [5, 5.41) is 9.55. The summed E-state index contributed by atoms with van der Waals surface area (Å²) in [5.74, 6) is -0.545. The fourth-order valence-corrected chi connectivity index (χ4v) is 6.33. The first kappa shape index (κ1) is 23.7. The van der Waals surface area contributed by atoms with Crippen molar-refractivity contribution < 1.29 is 23.8 Å². The minimum absolute atomic E-state index is 0.00544. The molecule has 0 radical (unpaired) electrons. The maximum atomic E-state index is 11.6. The Morgan fingerprint density at radius 2 is 1.63 bits per heavy atom. The fourth-order valence-electron chi connectivity index (χ4n) is 3.32. The molecule has 154 valence electrons. The highest BCUT2D eigenvalue weighted by Crippen LogP contribution is 2.29. The number of methoxy groups -OCH3 is 1. The minimum atomic E-state index is -1.90. The van der Waals surface area contributed by atoms with E-state index in [4.69, 9.17) is 13.9 Å². The van der Waals surface area contributed by atoms with Crippen LogP contribution < -0.4 is 4.74 Å². The average Bonchev–Trinajstić information content (AvgIpc) is 2.69. The van der Waals surface area contributed by atoms with Gasteiger partial charge in [-0.1, -0.05) is 39.8 Å². The number of hydrogen-bond acceptors (Lipinski definition) is 4. The number of ether oxygens (including phenoxy) is 2. The summed E-state index contributed by atoms with van der Waals surface area (Å²) in [7, 11) is -0.256. The van der Waals surface area contributed by atoms with Crippen LogP contribution in [-0.4, -0.2) is 39.2 Å². The molecule has 0 fully saturated rings. The molecule has 1 aromatic carbocycles. The third-order valence-corrected chi connectivity index (χ3v) is 10.2. The summed E-state index contributed by atoms with van der Waals surface area (Å²) in [5.41, 5.74) is 1.06. The second kappa shape index (κ2) is 11.5. The Bertz CT molecular complexity index is 548. The van der Waals surface area contributed by atoms with E-state index < -0.39 is 20.2 Å². The van der Waals surface area contributed by atoms with Crippen LogP contribution in [-0.2, 0) is 20.6 Å². The van der Waals surface area contributed by atoms with Crippen molar-refractivity contribution in [1.29, 1.82) is 0 Å². The summed E-state index contributed by atoms with van der Waals surface area (Å²) in [6.07, 6.45) is -0.329. The molecule has 6 heteroatoms. The SMILES string of the molecule is CC[Si](CC)(CC)OC(C(C)COCc1ccc(OC)cc1)C(C)C(=O)O. The van der Waals surface area contributed by atoms with Crippen molar-refractivity contribution in [3.63, 3.8) is 0 Å². The van der Waals surface area contributed by atoms with Crippen LogP contribution in [0, 0.1) is 11.8 Å². The molecular formula is C21H36O5Si. The minimum Gasteiger partial charge on any atom is -0.497 e. The van der Waals surface area contributed by atoms with Gasteiger partial charge in [0.1, 0.15) is 5.75 Å². The zero-order valence-electron chi connectivity index (χ0n) is 17.7. The number of carboxylic acids is 1. The highest BCUT2D eigenvalue weighted by molar-refractivity contribution is 6.73. The Kier molecular flexibility index (Phi) is 10.0. The molecule has 0 aliphatic carbocycles. The molecule has 3 atom stereocenters. The van der Waals surface area contributed by atoms with Crippen LogP contribution >= 0.6 is 0 Å². The standard InChI is InChI=1S/C21H36O5Si/c1-7-27(8-2,9-3)26-20(17(5)21(22)23)16(4)14-25-15-18-10-12-19(24-6)13-11-18/h10-13,16-17,20H,7-9,14-15H2,1-6H3,(H,22,23). The molecule has 0 saturated carbocycles. The number of hydrogen-bond donors (Lipinski definition) is 1. The van der Waals surface area contributed by atoms with Crippen LogP contribution in [0.5, 0.6) is 5.75 Å². The second-order valence-corrected chi connectivity index (χ2v) is 12.0. The van der Waals surface area contributed by atoms with E-state index in [9.17, 15) is 9.90 Å². The van der Waals surface area contributed by atoms with E-state index in [1.165, 1.54) is 0 Å². The van der Waals surface area contributed by atoms with Crippen molar-refractivity contribution in [2.24, 2.45) is 11.8 Å². The molecule has 1 rings (SSSR count). The number of carbonyl (C=O) groups is 1. The monoisotopic (exact) mass is 396 g/mol. The molecule has 0 saturated heterocycles. The van der Waals surface area contributed by atoms with E-state index >= 15 is 0 Å².